The maximum Gasteiger partial charge on any atom is 0.213 e. The highest BCUT2D eigenvalue weighted by atomic mass is 19.1. The Bertz CT molecular complexity index is 1380. The molecule has 198 valence electrons. The molecule has 3 aliphatic rings. The van der Waals surface area contributed by atoms with Crippen LogP contribution in [0.3, 0.4) is 0 Å². The second-order valence-electron chi connectivity index (χ2n) is 12.1. The largest absolute Gasteiger partial charge is 0.489 e. The first-order valence-corrected chi connectivity index (χ1v) is 13.9. The maximum atomic E-state index is 15.0. The Morgan fingerprint density at radius 3 is 2.63 bits per heavy atom. The van der Waals surface area contributed by atoms with Crippen LogP contribution in [-0.4, -0.2) is 18.4 Å². The van der Waals surface area contributed by atoms with Gasteiger partial charge in [0, 0.05) is 23.0 Å². The Hall–Kier alpha value is -3.21. The van der Waals surface area contributed by atoms with Crippen LogP contribution in [0.25, 0.3) is 11.1 Å². The molecule has 3 aliphatic carbocycles. The molecule has 0 aliphatic heterocycles. The van der Waals surface area contributed by atoms with E-state index < -0.39 is 0 Å². The Labute approximate surface area is 224 Å². The molecule has 3 atom stereocenters. The van der Waals surface area contributed by atoms with Crippen molar-refractivity contribution in [2.75, 3.05) is 7.11 Å². The molecule has 0 unspecified atom stereocenters. The average Bonchev–Trinajstić information content (AvgIpc) is 3.48. The summed E-state index contributed by atoms with van der Waals surface area (Å²) in [6.45, 7) is 5.06. The van der Waals surface area contributed by atoms with E-state index in [1.807, 2.05) is 12.1 Å². The highest BCUT2D eigenvalue weighted by Gasteiger charge is 2.51. The van der Waals surface area contributed by atoms with Crippen molar-refractivity contribution >= 4 is 6.29 Å². The lowest BCUT2D eigenvalue weighted by Gasteiger charge is -2.45. The van der Waals surface area contributed by atoms with Gasteiger partial charge in [0.15, 0.2) is 0 Å². The predicted octanol–water partition coefficient (Wildman–Crippen LogP) is 7.56. The standard InChI is InChI=1S/C33H36FNO3/c1-32(2)12-4-5-28(32)26-15-21(6-9-25(26)27-17-31(37-3)35-18-30(27)34)20-38-24-8-7-22-10-13-33(29(22)16-24)14-11-23(33)19-36/h6-9,15-19,23,28H,4-5,10-14,20H2,1-3H3/t23-,28-,33-/m0/s1. The van der Waals surface area contributed by atoms with Gasteiger partial charge in [-0.3, -0.25) is 0 Å². The van der Waals surface area contributed by atoms with E-state index in [1.165, 1.54) is 23.7 Å². The number of rotatable bonds is 7. The summed E-state index contributed by atoms with van der Waals surface area (Å²) in [5.41, 5.74) is 6.48. The number of methoxy groups -OCH3 is 1. The molecule has 3 aromatic rings. The number of aryl methyl sites for hydroxylation is 1. The van der Waals surface area contributed by atoms with E-state index in [0.717, 1.165) is 67.3 Å². The fraction of sp³-hybridized carbons (Fsp3) is 0.455. The predicted molar refractivity (Wildman–Crippen MR) is 146 cm³/mol. The fourth-order valence-electron chi connectivity index (χ4n) is 7.36. The Kier molecular flexibility index (Phi) is 6.28. The minimum Gasteiger partial charge on any atom is -0.489 e. The summed E-state index contributed by atoms with van der Waals surface area (Å²) in [6, 6.07) is 14.4. The third kappa shape index (κ3) is 4.11. The number of halogens is 1. The first kappa shape index (κ1) is 25.1. The number of nitrogens with zero attached hydrogens (tertiary/aromatic N) is 1. The van der Waals surface area contributed by atoms with Crippen LogP contribution in [0.1, 0.15) is 80.5 Å². The van der Waals surface area contributed by atoms with E-state index in [2.05, 4.69) is 43.1 Å². The molecular weight excluding hydrogens is 477 g/mol. The molecule has 6 rings (SSSR count). The normalized spacial score (nSPS) is 25.2. The van der Waals surface area contributed by atoms with Gasteiger partial charge in [-0.05, 0) is 89.8 Å². The molecule has 0 radical (unpaired) electrons. The third-order valence-corrected chi connectivity index (χ3v) is 9.72. The van der Waals surface area contributed by atoms with Crippen LogP contribution in [0, 0.1) is 17.2 Å². The maximum absolute atomic E-state index is 15.0. The van der Waals surface area contributed by atoms with E-state index in [1.54, 1.807) is 13.2 Å². The van der Waals surface area contributed by atoms with Crippen LogP contribution < -0.4 is 9.47 Å². The number of fused-ring (bicyclic) bond motifs is 2. The van der Waals surface area contributed by atoms with Crippen LogP contribution in [0.2, 0.25) is 0 Å². The minimum atomic E-state index is -0.344. The molecule has 2 fully saturated rings. The first-order chi connectivity index (χ1) is 18.3. The quantitative estimate of drug-likeness (QED) is 0.306. The molecule has 2 aromatic carbocycles. The van der Waals surface area contributed by atoms with E-state index in [-0.39, 0.29) is 22.6 Å². The third-order valence-electron chi connectivity index (χ3n) is 9.72. The minimum absolute atomic E-state index is 0.0228. The van der Waals surface area contributed by atoms with Crippen molar-refractivity contribution in [2.24, 2.45) is 11.3 Å². The molecule has 1 aromatic heterocycles. The lowest BCUT2D eigenvalue weighted by Crippen LogP contribution is -2.43. The van der Waals surface area contributed by atoms with Crippen LogP contribution >= 0.6 is 0 Å². The molecule has 0 amide bonds. The van der Waals surface area contributed by atoms with Gasteiger partial charge in [-0.15, -0.1) is 0 Å². The lowest BCUT2D eigenvalue weighted by atomic mass is 9.58. The number of ether oxygens (including phenoxy) is 2. The highest BCUT2D eigenvalue weighted by Crippen LogP contribution is 2.56. The number of pyridine rings is 1. The average molecular weight is 514 g/mol. The Morgan fingerprint density at radius 2 is 1.92 bits per heavy atom. The molecule has 0 saturated heterocycles. The van der Waals surface area contributed by atoms with E-state index in [9.17, 15) is 4.79 Å². The molecule has 1 spiro atoms. The van der Waals surface area contributed by atoms with E-state index in [0.29, 0.717) is 24.0 Å². The first-order valence-electron chi connectivity index (χ1n) is 13.9. The number of carbonyl (C=O) groups is 1. The number of aldehydes is 1. The SMILES string of the molecule is COc1cc(-c2ccc(COc3ccc4c(c3)[C@@]3(CC4)CC[C@H]3C=O)cc2[C@@H]2CCCC2(C)C)c(F)cn1. The summed E-state index contributed by atoms with van der Waals surface area (Å²) in [5, 5.41) is 0. The highest BCUT2D eigenvalue weighted by molar-refractivity contribution is 5.70. The smallest absolute Gasteiger partial charge is 0.213 e. The summed E-state index contributed by atoms with van der Waals surface area (Å²) in [4.78, 5) is 15.7. The van der Waals surface area contributed by atoms with Gasteiger partial charge in [-0.25, -0.2) is 9.37 Å². The topological polar surface area (TPSA) is 48.4 Å². The monoisotopic (exact) mass is 513 g/mol. The molecule has 0 bridgehead atoms. The van der Waals surface area contributed by atoms with Crippen LogP contribution in [0.4, 0.5) is 4.39 Å². The van der Waals surface area contributed by atoms with Crippen LogP contribution in [0.15, 0.2) is 48.7 Å². The Morgan fingerprint density at radius 1 is 1.05 bits per heavy atom. The summed E-state index contributed by atoms with van der Waals surface area (Å²) >= 11 is 0. The van der Waals surface area contributed by atoms with Gasteiger partial charge in [0.1, 0.15) is 24.5 Å². The van der Waals surface area contributed by atoms with Crippen molar-refractivity contribution in [3.63, 3.8) is 0 Å². The van der Waals surface area contributed by atoms with Crippen molar-refractivity contribution in [3.8, 4) is 22.8 Å². The van der Waals surface area contributed by atoms with Gasteiger partial charge in [0.05, 0.1) is 13.3 Å². The number of hydrogen-bond donors (Lipinski definition) is 0. The van der Waals surface area contributed by atoms with Gasteiger partial charge < -0.3 is 14.3 Å². The van der Waals surface area contributed by atoms with Crippen LogP contribution in [-0.2, 0) is 23.2 Å². The van der Waals surface area contributed by atoms with Gasteiger partial charge in [-0.1, -0.05) is 44.5 Å². The summed E-state index contributed by atoms with van der Waals surface area (Å²) in [7, 11) is 1.55. The molecule has 5 heteroatoms. The molecule has 1 heterocycles. The number of hydrogen-bond acceptors (Lipinski definition) is 4. The summed E-state index contributed by atoms with van der Waals surface area (Å²) < 4.78 is 26.7. The molecule has 4 nitrogen and oxygen atoms in total. The zero-order valence-electron chi connectivity index (χ0n) is 22.6. The summed E-state index contributed by atoms with van der Waals surface area (Å²) in [6.07, 6.45) is 9.98. The summed E-state index contributed by atoms with van der Waals surface area (Å²) in [5.74, 6) is 1.37. The van der Waals surface area contributed by atoms with E-state index in [4.69, 9.17) is 9.47 Å². The van der Waals surface area contributed by atoms with Crippen molar-refractivity contribution in [1.29, 1.82) is 0 Å². The van der Waals surface area contributed by atoms with Gasteiger partial charge >= 0.3 is 0 Å². The van der Waals surface area contributed by atoms with Crippen molar-refractivity contribution in [3.05, 3.63) is 76.7 Å². The van der Waals surface area contributed by atoms with Crippen molar-refractivity contribution in [1.82, 2.24) is 4.98 Å². The lowest BCUT2D eigenvalue weighted by molar-refractivity contribution is -0.116. The van der Waals surface area contributed by atoms with Crippen LogP contribution in [0.5, 0.6) is 11.6 Å². The molecule has 0 N–H and O–H groups in total. The zero-order chi connectivity index (χ0) is 26.5. The molecule has 2 saturated carbocycles. The van der Waals surface area contributed by atoms with Gasteiger partial charge in [0.2, 0.25) is 5.88 Å². The van der Waals surface area contributed by atoms with Gasteiger partial charge in [0.25, 0.3) is 0 Å². The second-order valence-corrected chi connectivity index (χ2v) is 12.1. The second kappa shape index (κ2) is 9.52. The van der Waals surface area contributed by atoms with E-state index >= 15 is 4.39 Å². The number of benzene rings is 2. The number of aromatic nitrogens is 1. The molecule has 38 heavy (non-hydrogen) atoms. The zero-order valence-corrected chi connectivity index (χ0v) is 22.6. The number of carbonyl (C=O) groups excluding carboxylic acids is 1. The van der Waals surface area contributed by atoms with Crippen molar-refractivity contribution in [2.45, 2.75) is 76.7 Å². The van der Waals surface area contributed by atoms with Crippen molar-refractivity contribution < 1.29 is 18.7 Å². The molecular formula is C33H36FNO3. The fourth-order valence-corrected chi connectivity index (χ4v) is 7.36. The Balaban J connectivity index is 1.31. The van der Waals surface area contributed by atoms with Gasteiger partial charge in [-0.2, -0.15) is 0 Å².